The van der Waals surface area contributed by atoms with Gasteiger partial charge in [-0.1, -0.05) is 0 Å². The Kier molecular flexibility index (Phi) is 4.46. The van der Waals surface area contributed by atoms with Gasteiger partial charge in [-0.05, 0) is 33.1 Å². The maximum Gasteiger partial charge on any atom is 0.321 e. The van der Waals surface area contributed by atoms with Crippen LogP contribution in [-0.4, -0.2) is 39.3 Å². The first-order valence-corrected chi connectivity index (χ1v) is 6.87. The number of carbonyl (C=O) groups is 1. The van der Waals surface area contributed by atoms with Gasteiger partial charge in [-0.15, -0.1) is 0 Å². The largest absolute Gasteiger partial charge is 0.471 e. The third-order valence-corrected chi connectivity index (χ3v) is 3.15. The predicted octanol–water partition coefficient (Wildman–Crippen LogP) is 0.237. The Morgan fingerprint density at radius 3 is 2.62 bits per heavy atom. The molecule has 0 spiro atoms. The number of amides is 1. The van der Waals surface area contributed by atoms with Crippen LogP contribution in [0.4, 0.5) is 5.82 Å². The molecule has 1 fully saturated rings. The maximum absolute atomic E-state index is 11.5. The summed E-state index contributed by atoms with van der Waals surface area (Å²) in [6.45, 7) is 3.62. The number of hydrogen-bond donors (Lipinski definition) is 3. The van der Waals surface area contributed by atoms with Gasteiger partial charge in [-0.2, -0.15) is 9.97 Å². The average Bonchev–Trinajstić information content (AvgIpc) is 2.73. The van der Waals surface area contributed by atoms with E-state index >= 15 is 0 Å². The van der Waals surface area contributed by atoms with E-state index in [2.05, 4.69) is 9.97 Å². The average molecular weight is 296 g/mol. The number of hydrogen-bond acceptors (Lipinski definition) is 7. The first-order valence-electron chi connectivity index (χ1n) is 6.87. The lowest BCUT2D eigenvalue weighted by atomic mass is 10.2. The van der Waals surface area contributed by atoms with Gasteiger partial charge in [0, 0.05) is 0 Å². The highest BCUT2D eigenvalue weighted by Crippen LogP contribution is 2.29. The SMILES string of the molecule is CC(C)Oc1nc(N)c(C(N)=O)c(O[C@H]2CCC[C@@H]2O)n1. The van der Waals surface area contributed by atoms with Gasteiger partial charge in [-0.25, -0.2) is 0 Å². The van der Waals surface area contributed by atoms with Crippen LogP contribution < -0.4 is 20.9 Å². The summed E-state index contributed by atoms with van der Waals surface area (Å²) in [6.07, 6.45) is 0.957. The number of anilines is 1. The molecule has 1 heterocycles. The fourth-order valence-corrected chi connectivity index (χ4v) is 2.20. The Labute approximate surface area is 122 Å². The molecule has 1 saturated carbocycles. The van der Waals surface area contributed by atoms with Gasteiger partial charge in [0.25, 0.3) is 5.91 Å². The smallest absolute Gasteiger partial charge is 0.321 e. The van der Waals surface area contributed by atoms with Crippen LogP contribution in [0, 0.1) is 0 Å². The molecule has 2 rings (SSSR count). The third kappa shape index (κ3) is 3.52. The molecule has 8 heteroatoms. The van der Waals surface area contributed by atoms with Crippen LogP contribution in [0.3, 0.4) is 0 Å². The summed E-state index contributed by atoms with van der Waals surface area (Å²) < 4.78 is 11.0. The van der Waals surface area contributed by atoms with Crippen molar-refractivity contribution in [3.63, 3.8) is 0 Å². The minimum atomic E-state index is -0.786. The number of rotatable bonds is 5. The second kappa shape index (κ2) is 6.13. The van der Waals surface area contributed by atoms with Crippen LogP contribution in [0.2, 0.25) is 0 Å². The number of nitrogens with zero attached hydrogens (tertiary/aromatic N) is 2. The Balaban J connectivity index is 2.34. The van der Waals surface area contributed by atoms with E-state index in [1.165, 1.54) is 0 Å². The van der Waals surface area contributed by atoms with Crippen molar-refractivity contribution in [2.24, 2.45) is 5.73 Å². The van der Waals surface area contributed by atoms with Crippen LogP contribution in [0.1, 0.15) is 43.5 Å². The van der Waals surface area contributed by atoms with E-state index in [4.69, 9.17) is 20.9 Å². The number of aromatic nitrogens is 2. The number of nitrogen functional groups attached to an aromatic ring is 1. The molecule has 0 saturated heterocycles. The number of aliphatic hydroxyl groups excluding tert-OH is 1. The molecule has 0 aromatic carbocycles. The molecule has 1 amide bonds. The molecule has 1 aliphatic carbocycles. The lowest BCUT2D eigenvalue weighted by Crippen LogP contribution is -2.28. The van der Waals surface area contributed by atoms with E-state index in [0.29, 0.717) is 12.8 Å². The summed E-state index contributed by atoms with van der Waals surface area (Å²) in [7, 11) is 0. The molecule has 0 aliphatic heterocycles. The molecule has 5 N–H and O–H groups in total. The first kappa shape index (κ1) is 15.3. The maximum atomic E-state index is 11.5. The summed E-state index contributed by atoms with van der Waals surface area (Å²) in [5, 5.41) is 9.82. The summed E-state index contributed by atoms with van der Waals surface area (Å²) in [5.41, 5.74) is 10.9. The molecule has 0 bridgehead atoms. The van der Waals surface area contributed by atoms with Crippen molar-refractivity contribution in [1.82, 2.24) is 9.97 Å². The van der Waals surface area contributed by atoms with Gasteiger partial charge in [0.1, 0.15) is 17.5 Å². The van der Waals surface area contributed by atoms with E-state index in [-0.39, 0.29) is 29.4 Å². The quantitative estimate of drug-likeness (QED) is 0.708. The number of aliphatic hydroxyl groups is 1. The van der Waals surface area contributed by atoms with Crippen LogP contribution in [0.5, 0.6) is 11.9 Å². The van der Waals surface area contributed by atoms with Gasteiger partial charge in [0.2, 0.25) is 5.88 Å². The molecule has 0 radical (unpaired) electrons. The highest BCUT2D eigenvalue weighted by Gasteiger charge is 2.30. The third-order valence-electron chi connectivity index (χ3n) is 3.15. The Morgan fingerprint density at radius 2 is 2.10 bits per heavy atom. The van der Waals surface area contributed by atoms with Crippen LogP contribution in [-0.2, 0) is 0 Å². The van der Waals surface area contributed by atoms with E-state index in [1.54, 1.807) is 0 Å². The molecular formula is C13H20N4O4. The van der Waals surface area contributed by atoms with Crippen molar-refractivity contribution in [3.8, 4) is 11.9 Å². The number of ether oxygens (including phenoxy) is 2. The van der Waals surface area contributed by atoms with E-state index in [9.17, 15) is 9.90 Å². The van der Waals surface area contributed by atoms with Crippen molar-refractivity contribution in [2.45, 2.75) is 51.4 Å². The standard InChI is InChI=1S/C13H20N4O4/c1-6(2)20-13-16-10(14)9(11(15)19)12(17-13)21-8-5-3-4-7(8)18/h6-8,18H,3-5H2,1-2H3,(H2,15,19)(H2,14,16,17)/t7-,8-/m0/s1. The Bertz CT molecular complexity index is 535. The van der Waals surface area contributed by atoms with Gasteiger partial charge in [0.05, 0.1) is 12.2 Å². The number of primary amides is 1. The lowest BCUT2D eigenvalue weighted by molar-refractivity contribution is 0.0554. The van der Waals surface area contributed by atoms with Crippen molar-refractivity contribution < 1.29 is 19.4 Å². The zero-order chi connectivity index (χ0) is 15.6. The van der Waals surface area contributed by atoms with Gasteiger partial charge in [-0.3, -0.25) is 4.79 Å². The van der Waals surface area contributed by atoms with E-state index in [1.807, 2.05) is 13.8 Å². The minimum absolute atomic E-state index is 0.00925. The highest BCUT2D eigenvalue weighted by molar-refractivity contribution is 5.99. The van der Waals surface area contributed by atoms with E-state index in [0.717, 1.165) is 6.42 Å². The monoisotopic (exact) mass is 296 g/mol. The summed E-state index contributed by atoms with van der Waals surface area (Å²) in [5.74, 6) is -0.932. The molecular weight excluding hydrogens is 276 g/mol. The normalized spacial score (nSPS) is 21.5. The second-order valence-corrected chi connectivity index (χ2v) is 5.26. The molecule has 1 aromatic rings. The molecule has 2 atom stereocenters. The predicted molar refractivity (Wildman–Crippen MR) is 75.0 cm³/mol. The van der Waals surface area contributed by atoms with Gasteiger partial charge >= 0.3 is 6.01 Å². The van der Waals surface area contributed by atoms with Crippen molar-refractivity contribution >= 4 is 11.7 Å². The van der Waals surface area contributed by atoms with Crippen molar-refractivity contribution in [1.29, 1.82) is 0 Å². The fourth-order valence-electron chi connectivity index (χ4n) is 2.20. The minimum Gasteiger partial charge on any atom is -0.471 e. The van der Waals surface area contributed by atoms with Crippen LogP contribution >= 0.6 is 0 Å². The van der Waals surface area contributed by atoms with Crippen molar-refractivity contribution in [2.75, 3.05) is 5.73 Å². The zero-order valence-corrected chi connectivity index (χ0v) is 12.1. The molecule has 8 nitrogen and oxygen atoms in total. The Morgan fingerprint density at radius 1 is 1.38 bits per heavy atom. The van der Waals surface area contributed by atoms with Gasteiger partial charge in [0.15, 0.2) is 0 Å². The lowest BCUT2D eigenvalue weighted by Gasteiger charge is -2.19. The number of nitrogens with two attached hydrogens (primary N) is 2. The van der Waals surface area contributed by atoms with Crippen LogP contribution in [0.25, 0.3) is 0 Å². The highest BCUT2D eigenvalue weighted by atomic mass is 16.5. The van der Waals surface area contributed by atoms with Gasteiger partial charge < -0.3 is 26.0 Å². The topological polar surface area (TPSA) is 134 Å². The Hall–Kier alpha value is -2.09. The molecule has 1 aromatic heterocycles. The zero-order valence-electron chi connectivity index (χ0n) is 12.1. The number of carbonyl (C=O) groups excluding carboxylic acids is 1. The molecule has 0 unspecified atom stereocenters. The molecule has 21 heavy (non-hydrogen) atoms. The molecule has 116 valence electrons. The summed E-state index contributed by atoms with van der Waals surface area (Å²) >= 11 is 0. The first-order chi connectivity index (χ1) is 9.88. The fraction of sp³-hybridized carbons (Fsp3) is 0.615. The second-order valence-electron chi connectivity index (χ2n) is 5.26. The summed E-state index contributed by atoms with van der Waals surface area (Å²) in [6, 6.07) is 0.00925. The summed E-state index contributed by atoms with van der Waals surface area (Å²) in [4.78, 5) is 19.4. The van der Waals surface area contributed by atoms with Crippen LogP contribution in [0.15, 0.2) is 0 Å². The van der Waals surface area contributed by atoms with Crippen molar-refractivity contribution in [3.05, 3.63) is 5.56 Å². The van der Waals surface area contributed by atoms with E-state index < -0.39 is 18.1 Å². The molecule has 1 aliphatic rings.